The molecule has 0 saturated carbocycles. The fourth-order valence-electron chi connectivity index (χ4n) is 4.38. The van der Waals surface area contributed by atoms with Gasteiger partial charge < -0.3 is 0 Å². The number of hydrogen-bond donors (Lipinski definition) is 1. The van der Waals surface area contributed by atoms with Crippen molar-refractivity contribution in [3.63, 3.8) is 0 Å². The molecule has 5 rings (SSSR count). The summed E-state index contributed by atoms with van der Waals surface area (Å²) in [5, 5.41) is 9.96. The zero-order chi connectivity index (χ0) is 17.2. The molecule has 2 aromatic rings. The van der Waals surface area contributed by atoms with Crippen molar-refractivity contribution in [3.8, 4) is 0 Å². The van der Waals surface area contributed by atoms with E-state index < -0.39 is 0 Å². The van der Waals surface area contributed by atoms with Gasteiger partial charge in [-0.1, -0.05) is 13.8 Å². The monoisotopic (exact) mass is 359 g/mol. The van der Waals surface area contributed by atoms with Crippen LogP contribution in [0.3, 0.4) is 0 Å². The summed E-state index contributed by atoms with van der Waals surface area (Å²) in [6, 6.07) is 2.93. The third kappa shape index (κ3) is 4.30. The van der Waals surface area contributed by atoms with Crippen LogP contribution >= 0.6 is 11.3 Å². The number of hydrogen-bond acceptors (Lipinski definition) is 5. The number of rotatable bonds is 6. The van der Waals surface area contributed by atoms with Crippen molar-refractivity contribution in [2.75, 3.05) is 19.6 Å². The second-order valence-electron chi connectivity index (χ2n) is 8.18. The highest BCUT2D eigenvalue weighted by Crippen LogP contribution is 2.29. The summed E-state index contributed by atoms with van der Waals surface area (Å²) in [5.74, 6) is 1.44. The summed E-state index contributed by atoms with van der Waals surface area (Å²) >= 11 is 1.70. The highest BCUT2D eigenvalue weighted by molar-refractivity contribution is 7.07. The molecule has 0 radical (unpaired) electrons. The Kier molecular flexibility index (Phi) is 5.20. The van der Waals surface area contributed by atoms with Crippen LogP contribution in [0, 0.1) is 11.8 Å². The largest absolute Gasteiger partial charge is 0.296 e. The lowest BCUT2D eigenvalue weighted by Crippen LogP contribution is -2.43. The van der Waals surface area contributed by atoms with Crippen LogP contribution in [0.25, 0.3) is 0 Å². The van der Waals surface area contributed by atoms with Crippen LogP contribution in [0.4, 0.5) is 0 Å². The van der Waals surface area contributed by atoms with Gasteiger partial charge in [-0.2, -0.15) is 5.10 Å². The van der Waals surface area contributed by atoms with E-state index in [-0.39, 0.29) is 0 Å². The maximum Gasteiger partial charge on any atom is 0.0795 e. The molecule has 3 aliphatic rings. The lowest BCUT2D eigenvalue weighted by Gasteiger charge is -2.35. The van der Waals surface area contributed by atoms with Crippen molar-refractivity contribution >= 4 is 11.3 Å². The van der Waals surface area contributed by atoms with Gasteiger partial charge in [0.1, 0.15) is 0 Å². The minimum atomic E-state index is 0.657. The van der Waals surface area contributed by atoms with Crippen LogP contribution in [0.2, 0.25) is 0 Å². The van der Waals surface area contributed by atoms with E-state index in [4.69, 9.17) is 0 Å². The fourth-order valence-corrected chi connectivity index (χ4v) is 4.93. The van der Waals surface area contributed by atoms with Gasteiger partial charge in [0.15, 0.2) is 0 Å². The summed E-state index contributed by atoms with van der Waals surface area (Å²) in [4.78, 5) is 9.78. The molecule has 3 saturated heterocycles. The van der Waals surface area contributed by atoms with E-state index in [1.807, 2.05) is 5.51 Å². The summed E-state index contributed by atoms with van der Waals surface area (Å²) in [6.07, 6.45) is 3.76. The molecule has 136 valence electrons. The molecule has 3 aliphatic heterocycles. The first-order chi connectivity index (χ1) is 12.2. The molecule has 0 amide bonds. The number of aromatic nitrogens is 3. The second kappa shape index (κ2) is 7.56. The van der Waals surface area contributed by atoms with Crippen molar-refractivity contribution < 1.29 is 0 Å². The van der Waals surface area contributed by atoms with Crippen molar-refractivity contribution in [1.29, 1.82) is 0 Å². The number of piperidine rings is 1. The first-order valence-electron chi connectivity index (χ1n) is 9.52. The van der Waals surface area contributed by atoms with Gasteiger partial charge in [0.25, 0.3) is 0 Å². The molecular formula is C19H29N5S. The van der Waals surface area contributed by atoms with Crippen molar-refractivity contribution in [2.45, 2.75) is 52.2 Å². The van der Waals surface area contributed by atoms with E-state index in [0.29, 0.717) is 12.0 Å². The van der Waals surface area contributed by atoms with Crippen LogP contribution in [0.15, 0.2) is 17.0 Å². The Morgan fingerprint density at radius 1 is 1.20 bits per heavy atom. The molecule has 6 heteroatoms. The van der Waals surface area contributed by atoms with E-state index in [1.54, 1.807) is 11.3 Å². The lowest BCUT2D eigenvalue weighted by atomic mass is 9.95. The molecule has 3 fully saturated rings. The van der Waals surface area contributed by atoms with Gasteiger partial charge in [0.2, 0.25) is 0 Å². The molecule has 5 nitrogen and oxygen atoms in total. The summed E-state index contributed by atoms with van der Waals surface area (Å²) < 4.78 is 0. The van der Waals surface area contributed by atoms with Gasteiger partial charge in [-0.15, -0.1) is 11.3 Å². The van der Waals surface area contributed by atoms with Crippen molar-refractivity contribution in [1.82, 2.24) is 25.0 Å². The summed E-state index contributed by atoms with van der Waals surface area (Å²) in [7, 11) is 0. The molecule has 0 aromatic carbocycles. The predicted octanol–water partition coefficient (Wildman–Crippen LogP) is 3.16. The van der Waals surface area contributed by atoms with Crippen LogP contribution in [-0.2, 0) is 19.5 Å². The van der Waals surface area contributed by atoms with Crippen LogP contribution in [0.1, 0.15) is 43.8 Å². The van der Waals surface area contributed by atoms with Gasteiger partial charge in [0.05, 0.1) is 16.9 Å². The minimum Gasteiger partial charge on any atom is -0.296 e. The Hall–Kier alpha value is -1.24. The molecule has 1 N–H and O–H groups in total. The maximum absolute atomic E-state index is 4.50. The van der Waals surface area contributed by atoms with E-state index in [9.17, 15) is 0 Å². The normalized spacial score (nSPS) is 24.9. The second-order valence-corrected chi connectivity index (χ2v) is 8.90. The summed E-state index contributed by atoms with van der Waals surface area (Å²) in [6.45, 7) is 10.1. The first-order valence-corrected chi connectivity index (χ1v) is 10.5. The minimum absolute atomic E-state index is 0.657. The summed E-state index contributed by atoms with van der Waals surface area (Å²) in [5.41, 5.74) is 5.65. The standard InChI is InChI=1S/C19H29N5S/c1-14(2)5-16-6-17(22-21-16)10-24-8-15-3-4-19(24)11-23(7-15)9-18-12-25-13-20-18/h6,12-15,19H,3-5,7-11H2,1-2H3,(H,21,22)/t15-,19+/m0/s1. The van der Waals surface area contributed by atoms with Gasteiger partial charge in [0, 0.05) is 49.8 Å². The third-order valence-corrected chi connectivity index (χ3v) is 6.08. The average molecular weight is 360 g/mol. The Labute approximate surface area is 154 Å². The molecule has 2 atom stereocenters. The number of aromatic amines is 1. The quantitative estimate of drug-likeness (QED) is 0.861. The van der Waals surface area contributed by atoms with E-state index >= 15 is 0 Å². The maximum atomic E-state index is 4.50. The Morgan fingerprint density at radius 3 is 2.92 bits per heavy atom. The smallest absolute Gasteiger partial charge is 0.0795 e. The zero-order valence-corrected chi connectivity index (χ0v) is 16.1. The Morgan fingerprint density at radius 2 is 2.12 bits per heavy atom. The average Bonchev–Trinajstić information content (AvgIpc) is 3.13. The number of H-pyrrole nitrogens is 1. The molecule has 25 heavy (non-hydrogen) atoms. The number of nitrogens with zero attached hydrogens (tertiary/aromatic N) is 4. The van der Waals surface area contributed by atoms with E-state index in [1.165, 1.54) is 49.6 Å². The first kappa shape index (κ1) is 17.2. The molecule has 5 heterocycles. The molecule has 0 unspecified atom stereocenters. The fraction of sp³-hybridized carbons (Fsp3) is 0.684. The molecule has 2 bridgehead atoms. The number of thiazole rings is 1. The lowest BCUT2D eigenvalue weighted by molar-refractivity contribution is 0.121. The Balaban J connectivity index is 1.39. The molecule has 0 aliphatic carbocycles. The van der Waals surface area contributed by atoms with Gasteiger partial charge >= 0.3 is 0 Å². The highest BCUT2D eigenvalue weighted by Gasteiger charge is 2.35. The van der Waals surface area contributed by atoms with Crippen LogP contribution in [0.5, 0.6) is 0 Å². The zero-order valence-electron chi connectivity index (χ0n) is 15.3. The van der Waals surface area contributed by atoms with Crippen molar-refractivity contribution in [3.05, 3.63) is 34.0 Å². The molecule has 2 aromatic heterocycles. The number of nitrogens with one attached hydrogen (secondary N) is 1. The predicted molar refractivity (Wildman–Crippen MR) is 101 cm³/mol. The highest BCUT2D eigenvalue weighted by atomic mass is 32.1. The number of fused-ring (bicyclic) bond motifs is 4. The topological polar surface area (TPSA) is 48.0 Å². The third-order valence-electron chi connectivity index (χ3n) is 5.45. The van der Waals surface area contributed by atoms with Gasteiger partial charge in [-0.3, -0.25) is 14.9 Å². The molecular weight excluding hydrogens is 330 g/mol. The Bertz CT molecular complexity index is 665. The molecule has 0 spiro atoms. The van der Waals surface area contributed by atoms with Gasteiger partial charge in [-0.25, -0.2) is 4.98 Å². The van der Waals surface area contributed by atoms with E-state index in [2.05, 4.69) is 50.3 Å². The SMILES string of the molecule is CC(C)Cc1cc(CN2C[C@H]3CC[C@@H]2CN(Cc2cscn2)C3)[nH]n1. The van der Waals surface area contributed by atoms with Crippen LogP contribution < -0.4 is 0 Å². The van der Waals surface area contributed by atoms with Crippen LogP contribution in [-0.4, -0.2) is 50.7 Å². The van der Waals surface area contributed by atoms with Crippen molar-refractivity contribution in [2.24, 2.45) is 11.8 Å². The van der Waals surface area contributed by atoms with Gasteiger partial charge in [-0.05, 0) is 37.2 Å². The van der Waals surface area contributed by atoms with E-state index in [0.717, 1.165) is 25.4 Å².